The number of carbonyl (C=O) groups is 1. The Labute approximate surface area is 157 Å². The third kappa shape index (κ3) is 5.50. The van der Waals surface area contributed by atoms with Crippen molar-refractivity contribution in [2.45, 2.75) is 63.5 Å². The highest BCUT2D eigenvalue weighted by Crippen LogP contribution is 2.42. The van der Waals surface area contributed by atoms with Crippen LogP contribution in [0, 0.1) is 11.8 Å². The molecular formula is C17H31IN4O. The van der Waals surface area contributed by atoms with Crippen molar-refractivity contribution in [3.63, 3.8) is 0 Å². The lowest BCUT2D eigenvalue weighted by molar-refractivity contribution is -0.127. The topological polar surface area (TPSA) is 56.7 Å². The Bertz CT molecular complexity index is 436. The van der Waals surface area contributed by atoms with E-state index < -0.39 is 0 Å². The van der Waals surface area contributed by atoms with Crippen molar-refractivity contribution >= 4 is 35.8 Å². The molecule has 5 nitrogen and oxygen atoms in total. The van der Waals surface area contributed by atoms with Crippen LogP contribution in [0.5, 0.6) is 0 Å². The number of rotatable bonds is 4. The molecule has 2 N–H and O–H groups in total. The molecule has 6 heteroatoms. The highest BCUT2D eigenvalue weighted by atomic mass is 127. The summed E-state index contributed by atoms with van der Waals surface area (Å²) in [6.07, 6.45) is 10.6. The summed E-state index contributed by atoms with van der Waals surface area (Å²) in [5.74, 6) is 2.79. The fourth-order valence-corrected chi connectivity index (χ4v) is 3.87. The third-order valence-corrected chi connectivity index (χ3v) is 5.42. The molecular weight excluding hydrogens is 403 g/mol. The summed E-state index contributed by atoms with van der Waals surface area (Å²) in [6, 6.07) is 1.09. The SMILES string of the molecule is CN(C)C(=O)CN=C(NC1CC1)NC1CCC2CCCC2C1.I. The van der Waals surface area contributed by atoms with E-state index in [1.54, 1.807) is 19.0 Å². The predicted molar refractivity (Wildman–Crippen MR) is 104 cm³/mol. The Morgan fingerprint density at radius 3 is 2.35 bits per heavy atom. The molecule has 3 atom stereocenters. The zero-order valence-corrected chi connectivity index (χ0v) is 16.7. The minimum atomic E-state index is 0. The fraction of sp³-hybridized carbons (Fsp3) is 0.882. The number of carbonyl (C=O) groups excluding carboxylic acids is 1. The van der Waals surface area contributed by atoms with Gasteiger partial charge in [0.1, 0.15) is 6.54 Å². The maximum atomic E-state index is 11.8. The van der Waals surface area contributed by atoms with E-state index in [1.165, 1.54) is 51.4 Å². The van der Waals surface area contributed by atoms with Crippen molar-refractivity contribution in [1.82, 2.24) is 15.5 Å². The molecule has 23 heavy (non-hydrogen) atoms. The zero-order chi connectivity index (χ0) is 15.5. The minimum absolute atomic E-state index is 0. The highest BCUT2D eigenvalue weighted by molar-refractivity contribution is 14.0. The number of hydrogen-bond acceptors (Lipinski definition) is 2. The summed E-state index contributed by atoms with van der Waals surface area (Å²) in [5, 5.41) is 7.06. The van der Waals surface area contributed by atoms with E-state index >= 15 is 0 Å². The quantitative estimate of drug-likeness (QED) is 0.406. The number of nitrogens with one attached hydrogen (secondary N) is 2. The number of amides is 1. The molecule has 0 heterocycles. The van der Waals surface area contributed by atoms with Crippen LogP contribution in [-0.4, -0.2) is 49.5 Å². The number of hydrogen-bond donors (Lipinski definition) is 2. The van der Waals surface area contributed by atoms with E-state index in [2.05, 4.69) is 15.6 Å². The molecule has 0 aromatic carbocycles. The van der Waals surface area contributed by atoms with Crippen molar-refractivity contribution < 1.29 is 4.79 Å². The molecule has 3 fully saturated rings. The van der Waals surface area contributed by atoms with Crippen molar-refractivity contribution in [3.05, 3.63) is 0 Å². The molecule has 0 aromatic rings. The first kappa shape index (κ1) is 18.8. The Morgan fingerprint density at radius 2 is 1.65 bits per heavy atom. The second-order valence-electron chi connectivity index (χ2n) is 7.48. The van der Waals surface area contributed by atoms with Gasteiger partial charge in [0, 0.05) is 26.2 Å². The van der Waals surface area contributed by atoms with Crippen LogP contribution in [0.2, 0.25) is 0 Å². The number of halogens is 1. The van der Waals surface area contributed by atoms with Crippen LogP contribution in [-0.2, 0) is 4.79 Å². The molecule has 132 valence electrons. The van der Waals surface area contributed by atoms with E-state index in [4.69, 9.17) is 0 Å². The summed E-state index contributed by atoms with van der Waals surface area (Å²) >= 11 is 0. The van der Waals surface area contributed by atoms with Crippen LogP contribution in [0.3, 0.4) is 0 Å². The van der Waals surface area contributed by atoms with Gasteiger partial charge >= 0.3 is 0 Å². The average molecular weight is 434 g/mol. The monoisotopic (exact) mass is 434 g/mol. The van der Waals surface area contributed by atoms with Gasteiger partial charge in [0.15, 0.2) is 5.96 Å². The molecule has 0 bridgehead atoms. The standard InChI is InChI=1S/C17H30N4O.HI/c1-21(2)16(22)11-18-17(19-14-8-9-14)20-15-7-6-12-4-3-5-13(12)10-15;/h12-15H,3-11H2,1-2H3,(H2,18,19,20);1H. The van der Waals surface area contributed by atoms with Gasteiger partial charge in [-0.2, -0.15) is 0 Å². The lowest BCUT2D eigenvalue weighted by Crippen LogP contribution is -2.47. The van der Waals surface area contributed by atoms with Crippen molar-refractivity contribution in [2.75, 3.05) is 20.6 Å². The third-order valence-electron chi connectivity index (χ3n) is 5.42. The molecule has 1 amide bonds. The first-order valence-electron chi connectivity index (χ1n) is 8.89. The van der Waals surface area contributed by atoms with Crippen LogP contribution in [0.25, 0.3) is 0 Å². The normalized spacial score (nSPS) is 30.2. The van der Waals surface area contributed by atoms with E-state index in [1.807, 2.05) is 0 Å². The van der Waals surface area contributed by atoms with Gasteiger partial charge in [-0.05, 0) is 43.9 Å². The summed E-state index contributed by atoms with van der Waals surface area (Å²) in [4.78, 5) is 17.9. The molecule has 3 saturated carbocycles. The summed E-state index contributed by atoms with van der Waals surface area (Å²) in [6.45, 7) is 0.230. The smallest absolute Gasteiger partial charge is 0.243 e. The molecule has 0 aliphatic heterocycles. The number of fused-ring (bicyclic) bond motifs is 1. The first-order valence-corrected chi connectivity index (χ1v) is 8.89. The Balaban J connectivity index is 0.00000192. The summed E-state index contributed by atoms with van der Waals surface area (Å²) < 4.78 is 0. The molecule has 0 radical (unpaired) electrons. The van der Waals surface area contributed by atoms with Crippen LogP contribution < -0.4 is 10.6 Å². The number of nitrogens with zero attached hydrogens (tertiary/aromatic N) is 2. The van der Waals surface area contributed by atoms with Crippen LogP contribution in [0.4, 0.5) is 0 Å². The first-order chi connectivity index (χ1) is 10.6. The average Bonchev–Trinajstić information content (AvgIpc) is 3.18. The second-order valence-corrected chi connectivity index (χ2v) is 7.48. The lowest BCUT2D eigenvalue weighted by Gasteiger charge is -2.33. The Morgan fingerprint density at radius 1 is 1.00 bits per heavy atom. The molecule has 3 rings (SSSR count). The highest BCUT2D eigenvalue weighted by Gasteiger charge is 2.34. The van der Waals surface area contributed by atoms with Crippen LogP contribution in [0.15, 0.2) is 4.99 Å². The Hall–Kier alpha value is -0.530. The number of likely N-dealkylation sites (N-methyl/N-ethyl adjacent to an activating group) is 1. The molecule has 0 saturated heterocycles. The summed E-state index contributed by atoms with van der Waals surface area (Å²) in [7, 11) is 3.56. The van der Waals surface area contributed by atoms with E-state index in [0.717, 1.165) is 17.8 Å². The second kappa shape index (κ2) is 8.53. The molecule has 0 spiro atoms. The van der Waals surface area contributed by atoms with E-state index in [9.17, 15) is 4.79 Å². The molecule has 0 aromatic heterocycles. The van der Waals surface area contributed by atoms with Gasteiger partial charge in [0.2, 0.25) is 5.91 Å². The maximum absolute atomic E-state index is 11.8. The van der Waals surface area contributed by atoms with Gasteiger partial charge in [-0.3, -0.25) is 4.79 Å². The van der Waals surface area contributed by atoms with Crippen molar-refractivity contribution in [1.29, 1.82) is 0 Å². The van der Waals surface area contributed by atoms with Crippen LogP contribution in [0.1, 0.15) is 51.4 Å². The van der Waals surface area contributed by atoms with Gasteiger partial charge in [-0.25, -0.2) is 4.99 Å². The van der Waals surface area contributed by atoms with E-state index in [-0.39, 0.29) is 36.4 Å². The minimum Gasteiger partial charge on any atom is -0.354 e. The van der Waals surface area contributed by atoms with Crippen molar-refractivity contribution in [2.24, 2.45) is 16.8 Å². The molecule has 3 aliphatic rings. The predicted octanol–water partition coefficient (Wildman–Crippen LogP) is 2.36. The van der Waals surface area contributed by atoms with E-state index in [0.29, 0.717) is 12.1 Å². The number of guanidine groups is 1. The zero-order valence-electron chi connectivity index (χ0n) is 14.4. The largest absolute Gasteiger partial charge is 0.354 e. The van der Waals surface area contributed by atoms with Gasteiger partial charge in [-0.1, -0.05) is 19.3 Å². The van der Waals surface area contributed by atoms with Gasteiger partial charge in [0.25, 0.3) is 0 Å². The lowest BCUT2D eigenvalue weighted by atomic mass is 9.79. The van der Waals surface area contributed by atoms with Gasteiger partial charge in [0.05, 0.1) is 0 Å². The maximum Gasteiger partial charge on any atom is 0.243 e. The Kier molecular flexibility index (Phi) is 6.98. The molecule has 3 unspecified atom stereocenters. The fourth-order valence-electron chi connectivity index (χ4n) is 3.87. The van der Waals surface area contributed by atoms with Crippen molar-refractivity contribution in [3.8, 4) is 0 Å². The molecule has 3 aliphatic carbocycles. The number of aliphatic imine (C=N–C) groups is 1. The van der Waals surface area contributed by atoms with Gasteiger partial charge < -0.3 is 15.5 Å². The summed E-state index contributed by atoms with van der Waals surface area (Å²) in [5.41, 5.74) is 0. The van der Waals surface area contributed by atoms with Gasteiger partial charge in [-0.15, -0.1) is 24.0 Å². The van der Waals surface area contributed by atoms with Crippen LogP contribution >= 0.6 is 24.0 Å².